The summed E-state index contributed by atoms with van der Waals surface area (Å²) < 4.78 is 10.2. The van der Waals surface area contributed by atoms with Gasteiger partial charge in [0, 0.05) is 11.6 Å². The Labute approximate surface area is 174 Å². The molecule has 6 heteroatoms. The number of anilines is 1. The van der Waals surface area contributed by atoms with E-state index in [1.807, 2.05) is 26.0 Å². The number of benzene rings is 3. The van der Waals surface area contributed by atoms with Gasteiger partial charge in [-0.2, -0.15) is 0 Å². The first-order valence-corrected chi connectivity index (χ1v) is 9.26. The van der Waals surface area contributed by atoms with Gasteiger partial charge in [0.1, 0.15) is 5.75 Å². The summed E-state index contributed by atoms with van der Waals surface area (Å²) in [6.45, 7) is 3.71. The van der Waals surface area contributed by atoms with Crippen molar-refractivity contribution in [2.24, 2.45) is 0 Å². The third kappa shape index (κ3) is 4.91. The topological polar surface area (TPSA) is 81.7 Å². The Morgan fingerprint density at radius 3 is 2.03 bits per heavy atom. The number of amides is 1. The summed E-state index contributed by atoms with van der Waals surface area (Å²) >= 11 is 0. The van der Waals surface area contributed by atoms with Crippen LogP contribution in [0.5, 0.6) is 5.75 Å². The molecule has 152 valence electrons. The molecule has 0 radical (unpaired) electrons. The molecule has 0 spiro atoms. The maximum atomic E-state index is 12.7. The highest BCUT2D eigenvalue weighted by molar-refractivity contribution is 6.10. The Hall–Kier alpha value is -3.93. The second-order valence-electron chi connectivity index (χ2n) is 6.78. The zero-order chi connectivity index (χ0) is 21.7. The highest BCUT2D eigenvalue weighted by Crippen LogP contribution is 2.24. The molecule has 0 aliphatic carbocycles. The van der Waals surface area contributed by atoms with Gasteiger partial charge in [0.15, 0.2) is 0 Å². The van der Waals surface area contributed by atoms with Gasteiger partial charge < -0.3 is 14.8 Å². The van der Waals surface area contributed by atoms with E-state index in [9.17, 15) is 14.4 Å². The fourth-order valence-electron chi connectivity index (χ4n) is 2.88. The smallest absolute Gasteiger partial charge is 0.348 e. The van der Waals surface area contributed by atoms with Crippen LogP contribution < -0.4 is 10.1 Å². The number of methoxy groups -OCH3 is 1. The van der Waals surface area contributed by atoms with Gasteiger partial charge in [-0.25, -0.2) is 9.59 Å². The fraction of sp³-hybridized carbons (Fsp3) is 0.125. The number of rotatable bonds is 5. The second kappa shape index (κ2) is 9.05. The number of carbonyl (C=O) groups is 3. The van der Waals surface area contributed by atoms with Gasteiger partial charge >= 0.3 is 11.9 Å². The maximum absolute atomic E-state index is 12.7. The van der Waals surface area contributed by atoms with Crippen molar-refractivity contribution in [3.05, 3.63) is 94.5 Å². The monoisotopic (exact) mass is 403 g/mol. The van der Waals surface area contributed by atoms with Crippen molar-refractivity contribution in [2.45, 2.75) is 13.8 Å². The molecule has 0 bridgehead atoms. The summed E-state index contributed by atoms with van der Waals surface area (Å²) in [5, 5.41) is 2.70. The van der Waals surface area contributed by atoms with E-state index in [-0.39, 0.29) is 16.8 Å². The lowest BCUT2D eigenvalue weighted by molar-refractivity contribution is 0.0398. The number of hydrogen-bond donors (Lipinski definition) is 1. The highest BCUT2D eigenvalue weighted by Gasteiger charge is 2.20. The lowest BCUT2D eigenvalue weighted by Crippen LogP contribution is -2.18. The van der Waals surface area contributed by atoms with Crippen molar-refractivity contribution in [3.63, 3.8) is 0 Å². The maximum Gasteiger partial charge on any atom is 0.348 e. The van der Waals surface area contributed by atoms with Gasteiger partial charge in [-0.1, -0.05) is 35.4 Å². The summed E-state index contributed by atoms with van der Waals surface area (Å²) in [5.74, 6) is -1.60. The lowest BCUT2D eigenvalue weighted by Gasteiger charge is -2.12. The first-order valence-electron chi connectivity index (χ1n) is 9.26. The summed E-state index contributed by atoms with van der Waals surface area (Å²) in [6.07, 6.45) is 0. The van der Waals surface area contributed by atoms with E-state index in [1.54, 1.807) is 42.5 Å². The molecule has 0 aliphatic heterocycles. The number of ether oxygens (including phenoxy) is 2. The van der Waals surface area contributed by atoms with Gasteiger partial charge in [-0.15, -0.1) is 0 Å². The predicted molar refractivity (Wildman–Crippen MR) is 113 cm³/mol. The number of nitrogens with one attached hydrogen (secondary N) is 1. The third-order valence-corrected chi connectivity index (χ3v) is 4.41. The van der Waals surface area contributed by atoms with Gasteiger partial charge in [0.25, 0.3) is 5.91 Å². The Kier molecular flexibility index (Phi) is 6.27. The summed E-state index contributed by atoms with van der Waals surface area (Å²) in [7, 11) is 1.47. The Balaban J connectivity index is 1.86. The minimum atomic E-state index is -0.872. The number of aryl methyl sites for hydroxylation is 2. The van der Waals surface area contributed by atoms with E-state index in [2.05, 4.69) is 5.32 Å². The second-order valence-corrected chi connectivity index (χ2v) is 6.78. The molecule has 30 heavy (non-hydrogen) atoms. The van der Waals surface area contributed by atoms with Crippen LogP contribution in [-0.4, -0.2) is 25.0 Å². The molecule has 0 unspecified atom stereocenters. The Morgan fingerprint density at radius 2 is 1.40 bits per heavy atom. The molecule has 0 aromatic heterocycles. The first-order chi connectivity index (χ1) is 14.4. The van der Waals surface area contributed by atoms with E-state index in [4.69, 9.17) is 9.47 Å². The molecule has 0 heterocycles. The largest absolute Gasteiger partial charge is 0.497 e. The van der Waals surface area contributed by atoms with Crippen molar-refractivity contribution in [3.8, 4) is 5.75 Å². The van der Waals surface area contributed by atoms with E-state index < -0.39 is 17.8 Å². The van der Waals surface area contributed by atoms with Crippen LogP contribution in [0.4, 0.5) is 5.69 Å². The standard InChI is InChI=1S/C24H21NO5/c1-15-6-4-8-17(12-15)22(26)25-21-14-19(29-3)10-11-20(21)24(28)30-23(27)18-9-5-7-16(2)13-18/h4-14H,1-3H3,(H,25,26). The number of hydrogen-bond acceptors (Lipinski definition) is 5. The quantitative estimate of drug-likeness (QED) is 0.499. The zero-order valence-corrected chi connectivity index (χ0v) is 16.9. The van der Waals surface area contributed by atoms with Crippen molar-refractivity contribution in [2.75, 3.05) is 12.4 Å². The van der Waals surface area contributed by atoms with Crippen molar-refractivity contribution >= 4 is 23.5 Å². The molecular weight excluding hydrogens is 382 g/mol. The van der Waals surface area contributed by atoms with Crippen molar-refractivity contribution < 1.29 is 23.9 Å². The molecule has 0 atom stereocenters. The van der Waals surface area contributed by atoms with Crippen LogP contribution in [0.1, 0.15) is 42.2 Å². The van der Waals surface area contributed by atoms with Gasteiger partial charge in [-0.05, 0) is 50.2 Å². The third-order valence-electron chi connectivity index (χ3n) is 4.41. The highest BCUT2D eigenvalue weighted by atomic mass is 16.6. The van der Waals surface area contributed by atoms with Crippen LogP contribution in [0.25, 0.3) is 0 Å². The van der Waals surface area contributed by atoms with E-state index >= 15 is 0 Å². The van der Waals surface area contributed by atoms with Crippen LogP contribution >= 0.6 is 0 Å². The first kappa shape index (κ1) is 20.8. The molecule has 0 fully saturated rings. The molecule has 0 aliphatic rings. The summed E-state index contributed by atoms with van der Waals surface area (Å²) in [6, 6.07) is 18.3. The summed E-state index contributed by atoms with van der Waals surface area (Å²) in [4.78, 5) is 37.7. The minimum absolute atomic E-state index is 0.0396. The molecule has 3 aromatic rings. The fourth-order valence-corrected chi connectivity index (χ4v) is 2.88. The molecule has 1 amide bonds. The molecule has 1 N–H and O–H groups in total. The van der Waals surface area contributed by atoms with Crippen molar-refractivity contribution in [1.29, 1.82) is 0 Å². The molecule has 0 saturated heterocycles. The van der Waals surface area contributed by atoms with Gasteiger partial charge in [0.2, 0.25) is 0 Å². The Bertz CT molecular complexity index is 1120. The molecule has 6 nitrogen and oxygen atoms in total. The number of carbonyl (C=O) groups excluding carboxylic acids is 3. The van der Waals surface area contributed by atoms with Gasteiger partial charge in [0.05, 0.1) is 23.9 Å². The minimum Gasteiger partial charge on any atom is -0.497 e. The Morgan fingerprint density at radius 1 is 0.767 bits per heavy atom. The van der Waals surface area contributed by atoms with Crippen LogP contribution in [0, 0.1) is 13.8 Å². The van der Waals surface area contributed by atoms with E-state index in [1.165, 1.54) is 19.2 Å². The predicted octanol–water partition coefficient (Wildman–Crippen LogP) is 4.56. The van der Waals surface area contributed by atoms with Crippen LogP contribution in [0.15, 0.2) is 66.7 Å². The van der Waals surface area contributed by atoms with E-state index in [0.29, 0.717) is 11.3 Å². The van der Waals surface area contributed by atoms with Crippen molar-refractivity contribution in [1.82, 2.24) is 0 Å². The van der Waals surface area contributed by atoms with Crippen LogP contribution in [0.3, 0.4) is 0 Å². The lowest BCUT2D eigenvalue weighted by atomic mass is 10.1. The molecular formula is C24H21NO5. The molecule has 3 rings (SSSR count). The van der Waals surface area contributed by atoms with Crippen LogP contribution in [-0.2, 0) is 4.74 Å². The SMILES string of the molecule is COc1ccc(C(=O)OC(=O)c2cccc(C)c2)c(NC(=O)c2cccc(C)c2)c1. The van der Waals surface area contributed by atoms with E-state index in [0.717, 1.165) is 11.1 Å². The number of esters is 2. The molecule has 0 saturated carbocycles. The molecule has 3 aromatic carbocycles. The zero-order valence-electron chi connectivity index (χ0n) is 16.9. The summed E-state index contributed by atoms with van der Waals surface area (Å²) in [5.41, 5.74) is 2.72. The average Bonchev–Trinajstić information content (AvgIpc) is 2.73. The normalized spacial score (nSPS) is 10.2. The van der Waals surface area contributed by atoms with Crippen LogP contribution in [0.2, 0.25) is 0 Å². The van der Waals surface area contributed by atoms with Gasteiger partial charge in [-0.3, -0.25) is 4.79 Å². The average molecular weight is 403 g/mol.